The molecule has 27 heavy (non-hydrogen) atoms. The van der Waals surface area contributed by atoms with Gasteiger partial charge in [0.25, 0.3) is 0 Å². The molecule has 1 aromatic carbocycles. The van der Waals surface area contributed by atoms with E-state index in [-0.39, 0.29) is 10.6 Å². The second-order valence-electron chi connectivity index (χ2n) is 6.60. The van der Waals surface area contributed by atoms with Gasteiger partial charge in [-0.1, -0.05) is 0 Å². The molecular formula is C17H20N6O3S. The van der Waals surface area contributed by atoms with Crippen LogP contribution in [-0.2, 0) is 10.0 Å². The maximum Gasteiger partial charge on any atom is 0.323 e. The zero-order chi connectivity index (χ0) is 19.2. The van der Waals surface area contributed by atoms with Crippen molar-refractivity contribution in [3.8, 4) is 0 Å². The summed E-state index contributed by atoms with van der Waals surface area (Å²) < 4.78 is 27.4. The van der Waals surface area contributed by atoms with Gasteiger partial charge in [0, 0.05) is 32.4 Å². The number of H-pyrrole nitrogens is 2. The lowest BCUT2D eigenvalue weighted by atomic mass is 10.3. The molecule has 1 aliphatic heterocycles. The number of sulfonamides is 1. The first-order chi connectivity index (χ1) is 12.8. The highest BCUT2D eigenvalue weighted by atomic mass is 32.2. The second kappa shape index (κ2) is 6.46. The molecule has 1 fully saturated rings. The summed E-state index contributed by atoms with van der Waals surface area (Å²) in [6.45, 7) is 5.59. The Labute approximate surface area is 156 Å². The topological polar surface area (TPSA) is 115 Å². The molecule has 3 heterocycles. The van der Waals surface area contributed by atoms with E-state index in [4.69, 9.17) is 0 Å². The average Bonchev–Trinajstić information content (AvgIpc) is 3.03. The number of imidazole rings is 1. The van der Waals surface area contributed by atoms with Gasteiger partial charge in [-0.2, -0.15) is 4.31 Å². The number of rotatable bonds is 3. The summed E-state index contributed by atoms with van der Waals surface area (Å²) in [5, 5.41) is 0. The van der Waals surface area contributed by atoms with Crippen molar-refractivity contribution in [3.05, 3.63) is 46.3 Å². The first kappa shape index (κ1) is 17.7. The van der Waals surface area contributed by atoms with E-state index in [1.807, 2.05) is 13.8 Å². The molecule has 0 unspecified atom stereocenters. The lowest BCUT2D eigenvalue weighted by Gasteiger charge is -2.35. The quantitative estimate of drug-likeness (QED) is 0.685. The Morgan fingerprint density at radius 1 is 1.04 bits per heavy atom. The molecule has 1 saturated heterocycles. The van der Waals surface area contributed by atoms with Crippen LogP contribution in [0.4, 0.5) is 5.82 Å². The summed E-state index contributed by atoms with van der Waals surface area (Å²) in [4.78, 5) is 27.7. The van der Waals surface area contributed by atoms with Gasteiger partial charge >= 0.3 is 5.69 Å². The fourth-order valence-electron chi connectivity index (χ4n) is 3.29. The van der Waals surface area contributed by atoms with E-state index >= 15 is 0 Å². The van der Waals surface area contributed by atoms with Crippen LogP contribution >= 0.6 is 0 Å². The normalized spacial score (nSPS) is 16.1. The highest BCUT2D eigenvalue weighted by Crippen LogP contribution is 2.23. The summed E-state index contributed by atoms with van der Waals surface area (Å²) in [6.07, 6.45) is 1.72. The van der Waals surface area contributed by atoms with Crippen molar-refractivity contribution in [2.24, 2.45) is 0 Å². The van der Waals surface area contributed by atoms with Crippen LogP contribution in [0.25, 0.3) is 11.0 Å². The number of hydrogen-bond acceptors (Lipinski definition) is 6. The Morgan fingerprint density at radius 3 is 2.48 bits per heavy atom. The zero-order valence-corrected chi connectivity index (χ0v) is 15.9. The van der Waals surface area contributed by atoms with Crippen LogP contribution in [0.1, 0.15) is 11.4 Å². The summed E-state index contributed by atoms with van der Waals surface area (Å²) in [7, 11) is -3.63. The summed E-state index contributed by atoms with van der Waals surface area (Å²) >= 11 is 0. The van der Waals surface area contributed by atoms with E-state index in [0.717, 1.165) is 17.2 Å². The maximum absolute atomic E-state index is 13.0. The van der Waals surface area contributed by atoms with Crippen molar-refractivity contribution in [1.82, 2.24) is 24.2 Å². The highest BCUT2D eigenvalue weighted by Gasteiger charge is 2.29. The number of benzene rings is 1. The third-order valence-corrected chi connectivity index (χ3v) is 6.61. The minimum absolute atomic E-state index is 0.172. The van der Waals surface area contributed by atoms with Gasteiger partial charge in [-0.15, -0.1) is 0 Å². The van der Waals surface area contributed by atoms with Gasteiger partial charge in [0.1, 0.15) is 5.82 Å². The SMILES string of the molecule is Cc1cnc(C)c(N2CCN(S(=O)(=O)c3ccc4[nH]c(=O)[nH]c4c3)CC2)n1. The molecule has 3 aromatic rings. The average molecular weight is 388 g/mol. The Kier molecular flexibility index (Phi) is 4.23. The fraction of sp³-hybridized carbons (Fsp3) is 0.353. The van der Waals surface area contributed by atoms with Gasteiger partial charge in [0.15, 0.2) is 0 Å². The van der Waals surface area contributed by atoms with Crippen molar-refractivity contribution < 1.29 is 8.42 Å². The van der Waals surface area contributed by atoms with E-state index in [1.54, 1.807) is 12.3 Å². The Balaban J connectivity index is 1.55. The predicted octanol–water partition coefficient (Wildman–Crippen LogP) is 0.774. The van der Waals surface area contributed by atoms with Gasteiger partial charge < -0.3 is 14.9 Å². The van der Waals surface area contributed by atoms with Crippen LogP contribution in [0, 0.1) is 13.8 Å². The standard InChI is InChI=1S/C17H20N6O3S/c1-11-10-18-12(2)16(19-11)22-5-7-23(8-6-22)27(25,26)13-3-4-14-15(9-13)21-17(24)20-14/h3-4,9-10H,5-8H2,1-2H3,(H2,20,21,24). The van der Waals surface area contributed by atoms with Gasteiger partial charge in [-0.3, -0.25) is 4.98 Å². The number of aromatic amines is 2. The van der Waals surface area contributed by atoms with Gasteiger partial charge in [-0.05, 0) is 32.0 Å². The lowest BCUT2D eigenvalue weighted by molar-refractivity contribution is 0.383. The lowest BCUT2D eigenvalue weighted by Crippen LogP contribution is -2.49. The molecule has 0 bridgehead atoms. The van der Waals surface area contributed by atoms with E-state index < -0.39 is 10.0 Å². The molecule has 0 saturated carbocycles. The number of anilines is 1. The molecule has 0 atom stereocenters. The molecule has 0 amide bonds. The second-order valence-corrected chi connectivity index (χ2v) is 8.54. The molecule has 0 radical (unpaired) electrons. The maximum atomic E-state index is 13.0. The first-order valence-corrected chi connectivity index (χ1v) is 10.1. The van der Waals surface area contributed by atoms with E-state index in [1.165, 1.54) is 16.4 Å². The zero-order valence-electron chi connectivity index (χ0n) is 15.1. The number of aromatic nitrogens is 4. The molecule has 2 N–H and O–H groups in total. The summed E-state index contributed by atoms with van der Waals surface area (Å²) in [5.41, 5.74) is 2.36. The minimum atomic E-state index is -3.63. The number of nitrogens with one attached hydrogen (secondary N) is 2. The molecule has 9 nitrogen and oxygen atoms in total. The van der Waals surface area contributed by atoms with Crippen molar-refractivity contribution in [1.29, 1.82) is 0 Å². The van der Waals surface area contributed by atoms with E-state index in [0.29, 0.717) is 37.2 Å². The summed E-state index contributed by atoms with van der Waals surface area (Å²) in [5.74, 6) is 0.804. The smallest absolute Gasteiger partial charge is 0.323 e. The van der Waals surface area contributed by atoms with Crippen LogP contribution in [0.3, 0.4) is 0 Å². The van der Waals surface area contributed by atoms with Crippen LogP contribution in [0.2, 0.25) is 0 Å². The fourth-order valence-corrected chi connectivity index (χ4v) is 4.73. The number of nitrogens with zero attached hydrogens (tertiary/aromatic N) is 4. The third-order valence-electron chi connectivity index (χ3n) is 4.71. The summed E-state index contributed by atoms with van der Waals surface area (Å²) in [6, 6.07) is 4.61. The van der Waals surface area contributed by atoms with Gasteiger partial charge in [-0.25, -0.2) is 18.2 Å². The van der Waals surface area contributed by atoms with Crippen molar-refractivity contribution >= 4 is 26.9 Å². The molecule has 2 aromatic heterocycles. The number of piperazine rings is 1. The van der Waals surface area contributed by atoms with Crippen LogP contribution < -0.4 is 10.6 Å². The Bertz CT molecular complexity index is 1160. The first-order valence-electron chi connectivity index (χ1n) is 8.62. The van der Waals surface area contributed by atoms with Crippen LogP contribution in [0.15, 0.2) is 34.1 Å². The molecule has 10 heteroatoms. The Morgan fingerprint density at radius 2 is 1.74 bits per heavy atom. The van der Waals surface area contributed by atoms with Gasteiger partial charge in [0.05, 0.1) is 27.3 Å². The monoisotopic (exact) mass is 388 g/mol. The molecule has 142 valence electrons. The molecule has 0 aliphatic carbocycles. The molecular weight excluding hydrogens is 368 g/mol. The van der Waals surface area contributed by atoms with E-state index in [9.17, 15) is 13.2 Å². The van der Waals surface area contributed by atoms with Crippen LogP contribution in [-0.4, -0.2) is 58.8 Å². The van der Waals surface area contributed by atoms with Crippen LogP contribution in [0.5, 0.6) is 0 Å². The number of hydrogen-bond donors (Lipinski definition) is 2. The molecule has 0 spiro atoms. The largest absolute Gasteiger partial charge is 0.352 e. The predicted molar refractivity (Wildman–Crippen MR) is 101 cm³/mol. The van der Waals surface area contributed by atoms with Crippen molar-refractivity contribution in [2.45, 2.75) is 18.7 Å². The molecule has 4 rings (SSSR count). The van der Waals surface area contributed by atoms with Gasteiger partial charge in [0.2, 0.25) is 10.0 Å². The minimum Gasteiger partial charge on any atom is -0.352 e. The highest BCUT2D eigenvalue weighted by molar-refractivity contribution is 7.89. The number of fused-ring (bicyclic) bond motifs is 1. The third kappa shape index (κ3) is 3.21. The number of aryl methyl sites for hydroxylation is 2. The van der Waals surface area contributed by atoms with Crippen molar-refractivity contribution in [2.75, 3.05) is 31.1 Å². The molecule has 1 aliphatic rings. The van der Waals surface area contributed by atoms with Crippen molar-refractivity contribution in [3.63, 3.8) is 0 Å². The van der Waals surface area contributed by atoms with E-state index in [2.05, 4.69) is 24.8 Å². The Hall–Kier alpha value is -2.72.